The number of nitrogens with zero attached hydrogens (tertiary/aromatic N) is 3. The van der Waals surface area contributed by atoms with Gasteiger partial charge in [0.1, 0.15) is 0 Å². The number of rotatable bonds is 2. The van der Waals surface area contributed by atoms with Crippen molar-refractivity contribution in [3.05, 3.63) is 47.7 Å². The Morgan fingerprint density at radius 2 is 1.82 bits per heavy atom. The molecule has 2 N–H and O–H groups in total. The SMILES string of the molecule is Cc1c(N)ccc(/N=N/c2ccccn2)c1C. The largest absolute Gasteiger partial charge is 0.399 e. The molecule has 0 aliphatic rings. The molecule has 0 bridgehead atoms. The topological polar surface area (TPSA) is 63.6 Å². The number of hydrogen-bond acceptors (Lipinski definition) is 4. The van der Waals surface area contributed by atoms with Crippen LogP contribution in [0.4, 0.5) is 17.2 Å². The molecule has 4 nitrogen and oxygen atoms in total. The highest BCUT2D eigenvalue weighted by molar-refractivity contribution is 5.60. The van der Waals surface area contributed by atoms with Crippen molar-refractivity contribution < 1.29 is 0 Å². The van der Waals surface area contributed by atoms with Crippen LogP contribution < -0.4 is 5.73 Å². The monoisotopic (exact) mass is 226 g/mol. The van der Waals surface area contributed by atoms with Gasteiger partial charge in [0.2, 0.25) is 0 Å². The highest BCUT2D eigenvalue weighted by Gasteiger charge is 2.03. The average molecular weight is 226 g/mol. The van der Waals surface area contributed by atoms with Gasteiger partial charge in [-0.2, -0.15) is 0 Å². The van der Waals surface area contributed by atoms with Crippen molar-refractivity contribution in [1.82, 2.24) is 4.98 Å². The molecule has 0 radical (unpaired) electrons. The summed E-state index contributed by atoms with van der Waals surface area (Å²) in [5, 5.41) is 8.27. The van der Waals surface area contributed by atoms with E-state index >= 15 is 0 Å². The van der Waals surface area contributed by atoms with Crippen LogP contribution in [0.3, 0.4) is 0 Å². The van der Waals surface area contributed by atoms with E-state index in [9.17, 15) is 0 Å². The lowest BCUT2D eigenvalue weighted by atomic mass is 10.1. The van der Waals surface area contributed by atoms with Crippen LogP contribution in [0, 0.1) is 13.8 Å². The third kappa shape index (κ3) is 2.47. The van der Waals surface area contributed by atoms with Gasteiger partial charge in [-0.25, -0.2) is 4.98 Å². The molecule has 0 spiro atoms. The summed E-state index contributed by atoms with van der Waals surface area (Å²) < 4.78 is 0. The van der Waals surface area contributed by atoms with Crippen molar-refractivity contribution in [2.75, 3.05) is 5.73 Å². The minimum Gasteiger partial charge on any atom is -0.399 e. The Morgan fingerprint density at radius 3 is 2.53 bits per heavy atom. The number of nitrogen functional groups attached to an aromatic ring is 1. The molecule has 17 heavy (non-hydrogen) atoms. The van der Waals surface area contributed by atoms with Gasteiger partial charge in [-0.15, -0.1) is 10.2 Å². The first-order valence-electron chi connectivity index (χ1n) is 5.37. The van der Waals surface area contributed by atoms with Crippen molar-refractivity contribution in [3.8, 4) is 0 Å². The van der Waals surface area contributed by atoms with Crippen molar-refractivity contribution in [2.24, 2.45) is 10.2 Å². The molecule has 0 aliphatic heterocycles. The lowest BCUT2D eigenvalue weighted by Gasteiger charge is -2.05. The van der Waals surface area contributed by atoms with Crippen LogP contribution in [0.15, 0.2) is 46.8 Å². The molecule has 0 saturated carbocycles. The Hall–Kier alpha value is -2.23. The smallest absolute Gasteiger partial charge is 0.174 e. The summed E-state index contributed by atoms with van der Waals surface area (Å²) in [5.74, 6) is 0.598. The molecule has 0 amide bonds. The summed E-state index contributed by atoms with van der Waals surface area (Å²) in [7, 11) is 0. The predicted molar refractivity (Wildman–Crippen MR) is 68.7 cm³/mol. The minimum atomic E-state index is 0.598. The van der Waals surface area contributed by atoms with Gasteiger partial charge in [-0.3, -0.25) is 0 Å². The van der Waals surface area contributed by atoms with E-state index in [-0.39, 0.29) is 0 Å². The Bertz CT molecular complexity index is 547. The molecule has 0 saturated heterocycles. The van der Waals surface area contributed by atoms with E-state index in [0.29, 0.717) is 5.82 Å². The quantitative estimate of drug-likeness (QED) is 0.626. The van der Waals surface area contributed by atoms with E-state index in [1.165, 1.54) is 0 Å². The maximum Gasteiger partial charge on any atom is 0.174 e. The van der Waals surface area contributed by atoms with E-state index in [0.717, 1.165) is 22.5 Å². The summed E-state index contributed by atoms with van der Waals surface area (Å²) in [6.45, 7) is 3.96. The van der Waals surface area contributed by atoms with Gasteiger partial charge in [0, 0.05) is 11.9 Å². The highest BCUT2D eigenvalue weighted by Crippen LogP contribution is 2.27. The van der Waals surface area contributed by atoms with E-state index in [1.807, 2.05) is 44.2 Å². The molecule has 1 aromatic heterocycles. The second-order valence-corrected chi connectivity index (χ2v) is 3.81. The second kappa shape index (κ2) is 4.74. The molecule has 2 rings (SSSR count). The lowest BCUT2D eigenvalue weighted by Crippen LogP contribution is -1.91. The second-order valence-electron chi connectivity index (χ2n) is 3.81. The fraction of sp³-hybridized carbons (Fsp3) is 0.154. The molecular weight excluding hydrogens is 212 g/mol. The summed E-state index contributed by atoms with van der Waals surface area (Å²) in [6, 6.07) is 9.24. The number of hydrogen-bond donors (Lipinski definition) is 1. The average Bonchev–Trinajstić information content (AvgIpc) is 2.36. The van der Waals surface area contributed by atoms with Crippen molar-refractivity contribution >= 4 is 17.2 Å². The van der Waals surface area contributed by atoms with Gasteiger partial charge in [0.25, 0.3) is 0 Å². The van der Waals surface area contributed by atoms with Gasteiger partial charge in [0.15, 0.2) is 5.82 Å². The fourth-order valence-electron chi connectivity index (χ4n) is 1.45. The zero-order valence-corrected chi connectivity index (χ0v) is 9.88. The molecule has 86 valence electrons. The third-order valence-electron chi connectivity index (χ3n) is 2.71. The number of nitrogens with two attached hydrogens (primary N) is 1. The minimum absolute atomic E-state index is 0.598. The molecule has 4 heteroatoms. The van der Waals surface area contributed by atoms with Crippen LogP contribution in [0.1, 0.15) is 11.1 Å². The summed E-state index contributed by atoms with van der Waals surface area (Å²) in [4.78, 5) is 4.08. The van der Waals surface area contributed by atoms with Crippen molar-refractivity contribution in [2.45, 2.75) is 13.8 Å². The van der Waals surface area contributed by atoms with Gasteiger partial charge in [0.05, 0.1) is 5.69 Å². The van der Waals surface area contributed by atoms with Crippen molar-refractivity contribution in [3.63, 3.8) is 0 Å². The van der Waals surface area contributed by atoms with Gasteiger partial charge in [-0.05, 0) is 49.2 Å². The number of aromatic nitrogens is 1. The molecule has 1 heterocycles. The molecule has 0 aliphatic carbocycles. The number of anilines is 1. The van der Waals surface area contributed by atoms with E-state index in [2.05, 4.69) is 15.2 Å². The maximum absolute atomic E-state index is 5.81. The van der Waals surface area contributed by atoms with Crippen LogP contribution >= 0.6 is 0 Å². The van der Waals surface area contributed by atoms with Crippen molar-refractivity contribution in [1.29, 1.82) is 0 Å². The first-order valence-corrected chi connectivity index (χ1v) is 5.37. The van der Waals surface area contributed by atoms with Crippen LogP contribution in [0.25, 0.3) is 0 Å². The summed E-state index contributed by atoms with van der Waals surface area (Å²) >= 11 is 0. The Kier molecular flexibility index (Phi) is 3.14. The molecule has 0 fully saturated rings. The Morgan fingerprint density at radius 1 is 1.00 bits per heavy atom. The lowest BCUT2D eigenvalue weighted by molar-refractivity contribution is 1.14. The number of benzene rings is 1. The molecule has 0 unspecified atom stereocenters. The first kappa shape index (κ1) is 11.3. The molecular formula is C13H14N4. The third-order valence-corrected chi connectivity index (χ3v) is 2.71. The molecule has 1 aromatic carbocycles. The normalized spacial score (nSPS) is 10.9. The zero-order valence-electron chi connectivity index (χ0n) is 9.88. The Labute approximate surface area is 100 Å². The predicted octanol–water partition coefficient (Wildman–Crippen LogP) is 3.70. The summed E-state index contributed by atoms with van der Waals surface area (Å²) in [6.07, 6.45) is 1.69. The van der Waals surface area contributed by atoms with Crippen LogP contribution in [0.5, 0.6) is 0 Å². The number of pyridine rings is 1. The van der Waals surface area contributed by atoms with Gasteiger partial charge in [-0.1, -0.05) is 6.07 Å². The van der Waals surface area contributed by atoms with Crippen LogP contribution in [-0.4, -0.2) is 4.98 Å². The van der Waals surface area contributed by atoms with Gasteiger partial charge >= 0.3 is 0 Å². The van der Waals surface area contributed by atoms with E-state index < -0.39 is 0 Å². The Balaban J connectivity index is 2.31. The highest BCUT2D eigenvalue weighted by atomic mass is 15.1. The zero-order chi connectivity index (χ0) is 12.3. The first-order chi connectivity index (χ1) is 8.18. The maximum atomic E-state index is 5.81. The van der Waals surface area contributed by atoms with Crippen LogP contribution in [-0.2, 0) is 0 Å². The number of azo groups is 1. The van der Waals surface area contributed by atoms with Crippen LogP contribution in [0.2, 0.25) is 0 Å². The summed E-state index contributed by atoms with van der Waals surface area (Å²) in [5.41, 5.74) is 9.50. The fourth-order valence-corrected chi connectivity index (χ4v) is 1.45. The standard InChI is InChI=1S/C13H14N4/c1-9-10(2)12(7-6-11(9)14)16-17-13-5-3-4-8-15-13/h3-8H,14H2,1-2H3/b17-16+. The molecule has 0 atom stereocenters. The van der Waals surface area contributed by atoms with E-state index in [1.54, 1.807) is 6.20 Å². The van der Waals surface area contributed by atoms with E-state index in [4.69, 9.17) is 5.73 Å². The molecule has 2 aromatic rings. The van der Waals surface area contributed by atoms with Gasteiger partial charge < -0.3 is 5.73 Å².